The van der Waals surface area contributed by atoms with Gasteiger partial charge in [0.05, 0.1) is 19.1 Å². The van der Waals surface area contributed by atoms with Crippen molar-refractivity contribution in [3.63, 3.8) is 0 Å². The van der Waals surface area contributed by atoms with Gasteiger partial charge in [0, 0.05) is 2.74 Å². The molecule has 1 aromatic carbocycles. The predicted octanol–water partition coefficient (Wildman–Crippen LogP) is 1.93. The molecule has 0 saturated heterocycles. The molecule has 0 aromatic heterocycles. The molecule has 0 unspecified atom stereocenters. The van der Waals surface area contributed by atoms with Crippen LogP contribution in [0.3, 0.4) is 0 Å². The number of thioether (sulfide) groups is 1. The highest BCUT2D eigenvalue weighted by Crippen LogP contribution is 2.37. The highest BCUT2D eigenvalue weighted by atomic mass is 32.2. The van der Waals surface area contributed by atoms with E-state index in [9.17, 15) is 0 Å². The van der Waals surface area contributed by atoms with Crippen LogP contribution >= 0.6 is 11.8 Å². The minimum Gasteiger partial charge on any atom is -0.495 e. The van der Waals surface area contributed by atoms with E-state index >= 15 is 0 Å². The Morgan fingerprint density at radius 1 is 1.33 bits per heavy atom. The molecule has 84 valence electrons. The minimum atomic E-state index is -1.74. The van der Waals surface area contributed by atoms with Gasteiger partial charge in [0.25, 0.3) is 0 Å². The summed E-state index contributed by atoms with van der Waals surface area (Å²) >= 11 is 1.52. The van der Waals surface area contributed by atoms with Gasteiger partial charge in [-0.05, 0) is 36.9 Å². The van der Waals surface area contributed by atoms with Crippen LogP contribution in [0.2, 0.25) is 0 Å². The summed E-state index contributed by atoms with van der Waals surface area (Å²) in [6.07, 6.45) is 2.05. The molecule has 0 saturated carbocycles. The molecule has 0 bridgehead atoms. The van der Waals surface area contributed by atoms with Crippen molar-refractivity contribution >= 4 is 11.8 Å². The molecular formula is C11H17NO2S. The third-order valence-electron chi connectivity index (χ3n) is 2.03. The molecule has 0 aliphatic rings. The normalized spacial score (nSPS) is 13.1. The van der Waals surface area contributed by atoms with Crippen LogP contribution in [0.5, 0.6) is 11.5 Å². The first-order valence-corrected chi connectivity index (χ1v) is 5.71. The summed E-state index contributed by atoms with van der Waals surface area (Å²) in [5.74, 6) is 1.35. The van der Waals surface area contributed by atoms with E-state index in [1.54, 1.807) is 26.4 Å². The topological polar surface area (TPSA) is 44.5 Å². The van der Waals surface area contributed by atoms with Crippen molar-refractivity contribution in [3.05, 3.63) is 17.7 Å². The lowest BCUT2D eigenvalue weighted by Gasteiger charge is -2.13. The number of nitrogens with two attached hydrogens (primary N) is 1. The van der Waals surface area contributed by atoms with Gasteiger partial charge in [-0.3, -0.25) is 0 Å². The summed E-state index contributed by atoms with van der Waals surface area (Å²) in [4.78, 5) is 0.899. The van der Waals surface area contributed by atoms with E-state index in [1.165, 1.54) is 11.8 Å². The first kappa shape index (κ1) is 9.36. The smallest absolute Gasteiger partial charge is 0.136 e. The van der Waals surface area contributed by atoms with Gasteiger partial charge < -0.3 is 15.2 Å². The maximum absolute atomic E-state index is 7.38. The van der Waals surface area contributed by atoms with E-state index in [0.29, 0.717) is 11.5 Å². The van der Waals surface area contributed by atoms with Gasteiger partial charge in [0.15, 0.2) is 0 Å². The monoisotopic (exact) mass is 229 g/mol. The molecule has 2 N–H and O–H groups in total. The first-order chi connectivity index (χ1) is 7.91. The van der Waals surface area contributed by atoms with Crippen LogP contribution in [0.25, 0.3) is 0 Å². The maximum Gasteiger partial charge on any atom is 0.136 e. The molecule has 0 aliphatic heterocycles. The van der Waals surface area contributed by atoms with E-state index in [4.69, 9.17) is 17.9 Å². The third kappa shape index (κ3) is 2.79. The molecule has 1 rings (SSSR count). The van der Waals surface area contributed by atoms with E-state index < -0.39 is 6.50 Å². The van der Waals surface area contributed by atoms with E-state index in [1.807, 2.05) is 6.26 Å². The second kappa shape index (κ2) is 5.88. The molecule has 0 aliphatic carbocycles. The molecule has 0 atom stereocenters. The van der Waals surface area contributed by atoms with Crippen LogP contribution in [-0.2, 0) is 6.42 Å². The van der Waals surface area contributed by atoms with Crippen molar-refractivity contribution in [1.82, 2.24) is 0 Å². The Balaban J connectivity index is 3.18. The van der Waals surface area contributed by atoms with Crippen LogP contribution < -0.4 is 15.2 Å². The molecule has 0 heterocycles. The van der Waals surface area contributed by atoms with Crippen molar-refractivity contribution in [2.45, 2.75) is 11.3 Å². The molecule has 0 radical (unpaired) electrons. The second-order valence-electron chi connectivity index (χ2n) is 2.91. The van der Waals surface area contributed by atoms with Crippen LogP contribution in [0, 0.1) is 0 Å². The van der Waals surface area contributed by atoms with Crippen molar-refractivity contribution < 1.29 is 12.2 Å². The molecule has 3 nitrogen and oxygen atoms in total. The Morgan fingerprint density at radius 2 is 1.87 bits per heavy atom. The highest BCUT2D eigenvalue weighted by molar-refractivity contribution is 7.98. The fraction of sp³-hybridized carbons (Fsp3) is 0.455. The molecule has 0 spiro atoms. The van der Waals surface area contributed by atoms with Gasteiger partial charge in [-0.15, -0.1) is 11.8 Å². The van der Waals surface area contributed by atoms with Crippen molar-refractivity contribution in [2.75, 3.05) is 27.0 Å². The molecule has 15 heavy (non-hydrogen) atoms. The number of hydrogen-bond donors (Lipinski definition) is 1. The zero-order valence-corrected chi connectivity index (χ0v) is 9.98. The quantitative estimate of drug-likeness (QED) is 0.784. The Hall–Kier alpha value is -0.870. The summed E-state index contributed by atoms with van der Waals surface area (Å²) in [5.41, 5.74) is 6.12. The average Bonchev–Trinajstić information content (AvgIpc) is 2.25. The lowest BCUT2D eigenvalue weighted by molar-refractivity contribution is 0.375. The average molecular weight is 229 g/mol. The number of hydrogen-bond acceptors (Lipinski definition) is 4. The first-order valence-electron chi connectivity index (χ1n) is 5.49. The van der Waals surface area contributed by atoms with Crippen LogP contribution in [-0.4, -0.2) is 27.0 Å². The van der Waals surface area contributed by atoms with Gasteiger partial charge in [-0.1, -0.05) is 0 Å². The fourth-order valence-electron chi connectivity index (χ4n) is 1.36. The standard InChI is InChI=1S/C11H17NO2S/c1-13-9-6-8(4-5-12)7-10(14-2)11(9)15-3/h6-7H,4-5,12H2,1-3H3/i5D2. The SMILES string of the molecule is [2H]C([2H])(N)Cc1cc(OC)c(SC)c(OC)c1. The summed E-state index contributed by atoms with van der Waals surface area (Å²) in [7, 11) is 3.16. The highest BCUT2D eigenvalue weighted by Gasteiger charge is 2.10. The molecule has 1 aromatic rings. The van der Waals surface area contributed by atoms with Crippen molar-refractivity contribution in [1.29, 1.82) is 0 Å². The number of aryl methyl sites for hydroxylation is 1. The Labute approximate surface area is 97.8 Å². The summed E-state index contributed by atoms with van der Waals surface area (Å²) in [5, 5.41) is 0. The summed E-state index contributed by atoms with van der Waals surface area (Å²) in [6, 6.07) is 3.58. The lowest BCUT2D eigenvalue weighted by Crippen LogP contribution is -2.03. The van der Waals surface area contributed by atoms with Gasteiger partial charge in [-0.2, -0.15) is 0 Å². The molecule has 0 amide bonds. The van der Waals surface area contributed by atoms with Crippen LogP contribution in [0.1, 0.15) is 8.30 Å². The van der Waals surface area contributed by atoms with Crippen LogP contribution in [0.15, 0.2) is 17.0 Å². The van der Waals surface area contributed by atoms with E-state index in [-0.39, 0.29) is 6.42 Å². The predicted molar refractivity (Wildman–Crippen MR) is 64.1 cm³/mol. The minimum absolute atomic E-state index is 0.119. The molecule has 0 fully saturated rings. The second-order valence-corrected chi connectivity index (χ2v) is 3.73. The number of benzene rings is 1. The maximum atomic E-state index is 7.38. The summed E-state index contributed by atoms with van der Waals surface area (Å²) < 4.78 is 25.3. The van der Waals surface area contributed by atoms with E-state index in [2.05, 4.69) is 0 Å². The zero-order chi connectivity index (χ0) is 13.1. The summed E-state index contributed by atoms with van der Waals surface area (Å²) in [6.45, 7) is -1.74. The van der Waals surface area contributed by atoms with Crippen LogP contribution in [0.4, 0.5) is 0 Å². The van der Waals surface area contributed by atoms with Gasteiger partial charge in [0.2, 0.25) is 0 Å². The van der Waals surface area contributed by atoms with Crippen molar-refractivity contribution in [2.24, 2.45) is 5.73 Å². The molecular weight excluding hydrogens is 210 g/mol. The third-order valence-corrected chi connectivity index (χ3v) is 2.84. The number of ether oxygens (including phenoxy) is 2. The Morgan fingerprint density at radius 3 is 2.20 bits per heavy atom. The number of methoxy groups -OCH3 is 2. The lowest BCUT2D eigenvalue weighted by atomic mass is 10.1. The Kier molecular flexibility index (Phi) is 3.67. The number of rotatable bonds is 5. The fourth-order valence-corrected chi connectivity index (χ4v) is 2.04. The molecule has 4 heteroatoms. The van der Waals surface area contributed by atoms with Gasteiger partial charge in [0.1, 0.15) is 11.5 Å². The Bertz CT molecular complexity index is 369. The van der Waals surface area contributed by atoms with Gasteiger partial charge >= 0.3 is 0 Å². The zero-order valence-electron chi connectivity index (χ0n) is 11.2. The largest absolute Gasteiger partial charge is 0.495 e. The van der Waals surface area contributed by atoms with E-state index in [0.717, 1.165) is 10.5 Å². The van der Waals surface area contributed by atoms with Crippen molar-refractivity contribution in [3.8, 4) is 11.5 Å². The van der Waals surface area contributed by atoms with Gasteiger partial charge in [-0.25, -0.2) is 0 Å².